The Kier molecular flexibility index (Phi) is 20.5. The summed E-state index contributed by atoms with van der Waals surface area (Å²) in [5.74, 6) is 0. The first kappa shape index (κ1) is 32.1. The predicted molar refractivity (Wildman–Crippen MR) is 141 cm³/mol. The van der Waals surface area contributed by atoms with Gasteiger partial charge in [0.2, 0.25) is 0 Å². The molecule has 0 aromatic rings. The van der Waals surface area contributed by atoms with E-state index in [4.69, 9.17) is 23.7 Å². The van der Waals surface area contributed by atoms with Crippen LogP contribution in [0.3, 0.4) is 0 Å². The Balaban J connectivity index is 1.91. The second-order valence-electron chi connectivity index (χ2n) is 10.1. The Bertz CT molecular complexity index is 486. The number of rotatable bonds is 23. The molecule has 208 valence electrons. The van der Waals surface area contributed by atoms with Crippen LogP contribution in [0.5, 0.6) is 0 Å². The van der Waals surface area contributed by atoms with Crippen molar-refractivity contribution in [2.24, 2.45) is 0 Å². The molecule has 1 heterocycles. The third kappa shape index (κ3) is 19.0. The molecule has 0 saturated carbocycles. The number of unbranched alkanes of at least 4 members (excludes halogenated alkanes) is 13. The minimum Gasteiger partial charge on any atom is -0.433 e. The van der Waals surface area contributed by atoms with E-state index in [1.807, 2.05) is 6.92 Å². The molecule has 0 aromatic carbocycles. The Morgan fingerprint density at radius 2 is 1.31 bits per heavy atom. The van der Waals surface area contributed by atoms with Crippen LogP contribution in [-0.4, -0.2) is 83.0 Å². The van der Waals surface area contributed by atoms with Crippen LogP contribution in [0.2, 0.25) is 0 Å². The van der Waals surface area contributed by atoms with Gasteiger partial charge >= 0.3 is 6.16 Å². The molecule has 0 bridgehead atoms. The second-order valence-corrected chi connectivity index (χ2v) is 10.1. The zero-order valence-electron chi connectivity index (χ0n) is 23.2. The SMILES string of the molecule is CCCCCCCCCCCCCCCCOCC(C)(COC(=O)OCCN1CCOCC1)OC. The number of hydrogen-bond acceptors (Lipinski definition) is 7. The summed E-state index contributed by atoms with van der Waals surface area (Å²) in [6.45, 7) is 9.60. The molecule has 0 aromatic heterocycles. The minimum atomic E-state index is -0.667. The van der Waals surface area contributed by atoms with Crippen LogP contribution in [0.1, 0.15) is 104 Å². The van der Waals surface area contributed by atoms with Gasteiger partial charge in [0.25, 0.3) is 0 Å². The average molecular weight is 502 g/mol. The van der Waals surface area contributed by atoms with Crippen molar-refractivity contribution in [1.82, 2.24) is 4.90 Å². The summed E-state index contributed by atoms with van der Waals surface area (Å²) in [5, 5.41) is 0. The fourth-order valence-electron chi connectivity index (χ4n) is 4.18. The van der Waals surface area contributed by atoms with E-state index in [0.717, 1.165) is 32.7 Å². The molecular formula is C28H55NO6. The molecule has 1 unspecified atom stereocenters. The van der Waals surface area contributed by atoms with Gasteiger partial charge in [-0.1, -0.05) is 90.4 Å². The maximum Gasteiger partial charge on any atom is 0.508 e. The van der Waals surface area contributed by atoms with Crippen molar-refractivity contribution in [2.45, 2.75) is 109 Å². The lowest BCUT2D eigenvalue weighted by molar-refractivity contribution is -0.101. The monoisotopic (exact) mass is 501 g/mol. The number of methoxy groups -OCH3 is 1. The summed E-state index contributed by atoms with van der Waals surface area (Å²) in [6, 6.07) is 0. The van der Waals surface area contributed by atoms with Crippen molar-refractivity contribution in [2.75, 3.05) is 66.4 Å². The summed E-state index contributed by atoms with van der Waals surface area (Å²) in [4.78, 5) is 14.1. The molecule has 1 saturated heterocycles. The number of carbonyl (C=O) groups is 1. The molecule has 1 fully saturated rings. The van der Waals surface area contributed by atoms with Gasteiger partial charge in [-0.3, -0.25) is 4.90 Å². The van der Waals surface area contributed by atoms with Crippen LogP contribution in [0.25, 0.3) is 0 Å². The Hall–Kier alpha value is -0.890. The smallest absolute Gasteiger partial charge is 0.433 e. The van der Waals surface area contributed by atoms with E-state index >= 15 is 0 Å². The van der Waals surface area contributed by atoms with Crippen molar-refractivity contribution in [3.63, 3.8) is 0 Å². The molecule has 1 rings (SSSR count). The zero-order chi connectivity index (χ0) is 25.5. The highest BCUT2D eigenvalue weighted by atomic mass is 16.7. The van der Waals surface area contributed by atoms with Crippen LogP contribution in [0.15, 0.2) is 0 Å². The normalized spacial score (nSPS) is 16.2. The van der Waals surface area contributed by atoms with Gasteiger partial charge in [-0.15, -0.1) is 0 Å². The molecule has 1 atom stereocenters. The van der Waals surface area contributed by atoms with E-state index in [1.165, 1.54) is 83.5 Å². The van der Waals surface area contributed by atoms with Gasteiger partial charge in [-0.25, -0.2) is 4.79 Å². The summed E-state index contributed by atoms with van der Waals surface area (Å²) < 4.78 is 27.1. The number of ether oxygens (including phenoxy) is 5. The first-order valence-corrected chi connectivity index (χ1v) is 14.3. The van der Waals surface area contributed by atoms with Gasteiger partial charge in [-0.05, 0) is 13.3 Å². The topological polar surface area (TPSA) is 66.5 Å². The standard InChI is InChI=1S/C28H55NO6/c1-4-5-6-7-8-9-10-11-12-13-14-15-16-17-21-33-25-28(2,31-3)26-35-27(30)34-24-20-29-18-22-32-23-19-29/h4-26H2,1-3H3. The maximum absolute atomic E-state index is 11.9. The number of morpholine rings is 1. The van der Waals surface area contributed by atoms with E-state index in [-0.39, 0.29) is 6.61 Å². The van der Waals surface area contributed by atoms with Crippen LogP contribution in [0.4, 0.5) is 4.79 Å². The van der Waals surface area contributed by atoms with Crippen molar-refractivity contribution in [3.8, 4) is 0 Å². The van der Waals surface area contributed by atoms with E-state index in [2.05, 4.69) is 11.8 Å². The fourth-order valence-corrected chi connectivity index (χ4v) is 4.18. The molecule has 1 aliphatic heterocycles. The van der Waals surface area contributed by atoms with E-state index in [1.54, 1.807) is 7.11 Å². The highest BCUT2D eigenvalue weighted by molar-refractivity contribution is 5.59. The van der Waals surface area contributed by atoms with Crippen LogP contribution < -0.4 is 0 Å². The summed E-state index contributed by atoms with van der Waals surface area (Å²) in [5.41, 5.74) is -0.667. The van der Waals surface area contributed by atoms with Crippen LogP contribution >= 0.6 is 0 Å². The molecule has 0 radical (unpaired) electrons. The highest BCUT2D eigenvalue weighted by Crippen LogP contribution is 2.14. The largest absolute Gasteiger partial charge is 0.508 e. The molecule has 0 spiro atoms. The van der Waals surface area contributed by atoms with Crippen molar-refractivity contribution < 1.29 is 28.5 Å². The molecule has 0 amide bonds. The summed E-state index contributed by atoms with van der Waals surface area (Å²) >= 11 is 0. The number of carbonyl (C=O) groups excluding carboxylic acids is 1. The maximum atomic E-state index is 11.9. The molecule has 35 heavy (non-hydrogen) atoms. The highest BCUT2D eigenvalue weighted by Gasteiger charge is 2.27. The van der Waals surface area contributed by atoms with E-state index < -0.39 is 11.8 Å². The van der Waals surface area contributed by atoms with Crippen LogP contribution in [0, 0.1) is 0 Å². The van der Waals surface area contributed by atoms with Crippen molar-refractivity contribution in [1.29, 1.82) is 0 Å². The molecular weight excluding hydrogens is 446 g/mol. The third-order valence-electron chi connectivity index (χ3n) is 6.77. The first-order valence-electron chi connectivity index (χ1n) is 14.3. The Morgan fingerprint density at radius 3 is 1.86 bits per heavy atom. The summed E-state index contributed by atoms with van der Waals surface area (Å²) in [7, 11) is 1.61. The van der Waals surface area contributed by atoms with Crippen LogP contribution in [-0.2, 0) is 23.7 Å². The molecule has 1 aliphatic rings. The quantitative estimate of drug-likeness (QED) is 0.119. The van der Waals surface area contributed by atoms with Gasteiger partial charge in [0, 0.05) is 33.4 Å². The Morgan fingerprint density at radius 1 is 0.771 bits per heavy atom. The lowest BCUT2D eigenvalue weighted by Gasteiger charge is -2.27. The van der Waals surface area contributed by atoms with Gasteiger partial charge in [0.15, 0.2) is 0 Å². The van der Waals surface area contributed by atoms with Gasteiger partial charge in [0.1, 0.15) is 18.8 Å². The second kappa shape index (κ2) is 22.3. The Labute approximate surface area is 215 Å². The first-order chi connectivity index (χ1) is 17.1. The van der Waals surface area contributed by atoms with E-state index in [9.17, 15) is 4.79 Å². The molecule has 0 N–H and O–H groups in total. The summed E-state index contributed by atoms with van der Waals surface area (Å²) in [6.07, 6.45) is 18.2. The van der Waals surface area contributed by atoms with E-state index in [0.29, 0.717) is 26.4 Å². The molecule has 7 heteroatoms. The number of nitrogens with zero attached hydrogens (tertiary/aromatic N) is 1. The molecule has 7 nitrogen and oxygen atoms in total. The third-order valence-corrected chi connectivity index (χ3v) is 6.77. The van der Waals surface area contributed by atoms with Gasteiger partial charge in [0.05, 0.1) is 19.8 Å². The zero-order valence-corrected chi connectivity index (χ0v) is 23.2. The van der Waals surface area contributed by atoms with Gasteiger partial charge in [-0.2, -0.15) is 0 Å². The average Bonchev–Trinajstić information content (AvgIpc) is 2.88. The number of hydrogen-bond donors (Lipinski definition) is 0. The lowest BCUT2D eigenvalue weighted by Crippen LogP contribution is -2.40. The van der Waals surface area contributed by atoms with Gasteiger partial charge < -0.3 is 23.7 Å². The molecule has 0 aliphatic carbocycles. The predicted octanol–water partition coefficient (Wildman–Crippen LogP) is 6.37. The minimum absolute atomic E-state index is 0.110. The van der Waals surface area contributed by atoms with Crippen molar-refractivity contribution >= 4 is 6.16 Å². The fraction of sp³-hybridized carbons (Fsp3) is 0.964. The van der Waals surface area contributed by atoms with Crippen molar-refractivity contribution in [3.05, 3.63) is 0 Å². The lowest BCUT2D eigenvalue weighted by atomic mass is 10.0.